The number of fused-ring (bicyclic) bond motifs is 4. The fraction of sp³-hybridized carbons (Fsp3) is 0.417. The number of carbonyl (C=O) groups is 2. The Bertz CT molecular complexity index is 942. The van der Waals surface area contributed by atoms with E-state index in [2.05, 4.69) is 11.0 Å². The van der Waals surface area contributed by atoms with Gasteiger partial charge >= 0.3 is 0 Å². The summed E-state index contributed by atoms with van der Waals surface area (Å²) in [5, 5.41) is 10.2. The number of carbonyl (C=O) groups excluding carboxylic acids is 2. The van der Waals surface area contributed by atoms with Gasteiger partial charge in [-0.15, -0.1) is 12.4 Å². The van der Waals surface area contributed by atoms with Crippen molar-refractivity contribution in [2.75, 3.05) is 19.6 Å². The molecule has 0 radical (unpaired) electrons. The molecule has 6 heteroatoms. The number of rotatable bonds is 5. The number of phenols is 1. The van der Waals surface area contributed by atoms with E-state index in [0.29, 0.717) is 35.4 Å². The second-order valence-corrected chi connectivity index (χ2v) is 8.40. The third kappa shape index (κ3) is 3.40. The zero-order valence-electron chi connectivity index (χ0n) is 16.9. The Hall–Kier alpha value is -2.37. The Labute approximate surface area is 183 Å². The quantitative estimate of drug-likeness (QED) is 0.580. The van der Waals surface area contributed by atoms with Crippen molar-refractivity contribution in [2.45, 2.75) is 44.1 Å². The lowest BCUT2D eigenvalue weighted by molar-refractivity contribution is 0.0650. The predicted octanol–water partition coefficient (Wildman–Crippen LogP) is 3.99. The van der Waals surface area contributed by atoms with Crippen LogP contribution in [0, 0.1) is 0 Å². The second-order valence-electron chi connectivity index (χ2n) is 8.40. The summed E-state index contributed by atoms with van der Waals surface area (Å²) < 4.78 is 0. The highest BCUT2D eigenvalue weighted by Crippen LogP contribution is 2.43. The average molecular weight is 427 g/mol. The van der Waals surface area contributed by atoms with E-state index in [1.165, 1.54) is 10.5 Å². The molecule has 2 aromatic carbocycles. The van der Waals surface area contributed by atoms with Gasteiger partial charge in [-0.05, 0) is 74.5 Å². The molecule has 0 bridgehead atoms. The number of halogens is 1. The normalized spacial score (nSPS) is 22.5. The largest absolute Gasteiger partial charge is 0.508 e. The van der Waals surface area contributed by atoms with Gasteiger partial charge in [0.1, 0.15) is 5.75 Å². The summed E-state index contributed by atoms with van der Waals surface area (Å²) in [6.07, 6.45) is 4.97. The zero-order valence-corrected chi connectivity index (χ0v) is 17.7. The number of nitrogens with zero attached hydrogens (tertiary/aromatic N) is 2. The number of phenolic OH excluding ortho intramolecular Hbond substituents is 1. The number of amides is 2. The highest BCUT2D eigenvalue weighted by molar-refractivity contribution is 6.21. The third-order valence-corrected chi connectivity index (χ3v) is 6.89. The lowest BCUT2D eigenvalue weighted by atomic mass is 9.79. The molecule has 1 fully saturated rings. The molecule has 0 unspecified atom stereocenters. The molecule has 1 aliphatic carbocycles. The van der Waals surface area contributed by atoms with E-state index in [-0.39, 0.29) is 24.2 Å². The Morgan fingerprint density at radius 3 is 2.33 bits per heavy atom. The van der Waals surface area contributed by atoms with Gasteiger partial charge in [0, 0.05) is 18.5 Å². The molecular formula is C24H27ClN2O3. The van der Waals surface area contributed by atoms with Gasteiger partial charge < -0.3 is 5.11 Å². The first-order chi connectivity index (χ1) is 14.1. The molecule has 0 spiro atoms. The molecule has 5 nitrogen and oxygen atoms in total. The Kier molecular flexibility index (Phi) is 5.85. The van der Waals surface area contributed by atoms with E-state index in [0.717, 1.165) is 50.8 Å². The van der Waals surface area contributed by atoms with E-state index < -0.39 is 0 Å². The number of unbranched alkanes of at least 4 members (excludes halogenated alkanes) is 1. The van der Waals surface area contributed by atoms with Crippen molar-refractivity contribution in [3.63, 3.8) is 0 Å². The van der Waals surface area contributed by atoms with E-state index in [4.69, 9.17) is 0 Å². The van der Waals surface area contributed by atoms with E-state index in [1.54, 1.807) is 30.3 Å². The van der Waals surface area contributed by atoms with Crippen LogP contribution in [-0.2, 0) is 6.42 Å². The number of benzene rings is 2. The lowest BCUT2D eigenvalue weighted by Crippen LogP contribution is -2.36. The molecule has 0 aromatic heterocycles. The molecule has 158 valence electrons. The van der Waals surface area contributed by atoms with Crippen molar-refractivity contribution in [3.05, 3.63) is 64.7 Å². The van der Waals surface area contributed by atoms with E-state index >= 15 is 0 Å². The fourth-order valence-corrected chi connectivity index (χ4v) is 5.47. The summed E-state index contributed by atoms with van der Waals surface area (Å²) in [6.45, 7) is 2.57. The van der Waals surface area contributed by atoms with E-state index in [1.807, 2.05) is 6.07 Å². The summed E-state index contributed by atoms with van der Waals surface area (Å²) in [6, 6.07) is 13.6. The van der Waals surface area contributed by atoms with Crippen LogP contribution in [0.3, 0.4) is 0 Å². The smallest absolute Gasteiger partial charge is 0.261 e. The summed E-state index contributed by atoms with van der Waals surface area (Å²) in [4.78, 5) is 28.9. The first kappa shape index (κ1) is 20.9. The summed E-state index contributed by atoms with van der Waals surface area (Å²) in [5.74, 6) is 0.647. The van der Waals surface area contributed by atoms with Gasteiger partial charge in [0.05, 0.1) is 11.1 Å². The maximum atomic E-state index is 12.5. The lowest BCUT2D eigenvalue weighted by Gasteiger charge is -2.33. The minimum absolute atomic E-state index is 0. The monoisotopic (exact) mass is 426 g/mol. The van der Waals surface area contributed by atoms with Crippen LogP contribution in [0.1, 0.15) is 63.4 Å². The Morgan fingerprint density at radius 1 is 0.900 bits per heavy atom. The Balaban J connectivity index is 0.00000218. The minimum Gasteiger partial charge on any atom is -0.508 e. The minimum atomic E-state index is -0.157. The predicted molar refractivity (Wildman–Crippen MR) is 117 cm³/mol. The zero-order chi connectivity index (χ0) is 20.0. The second kappa shape index (κ2) is 8.40. The van der Waals surface area contributed by atoms with Crippen molar-refractivity contribution < 1.29 is 14.7 Å². The summed E-state index contributed by atoms with van der Waals surface area (Å²) in [5.41, 5.74) is 3.53. The maximum Gasteiger partial charge on any atom is 0.261 e. The van der Waals surface area contributed by atoms with Gasteiger partial charge in [-0.3, -0.25) is 19.4 Å². The first-order valence-electron chi connectivity index (χ1n) is 10.6. The molecule has 2 aliphatic heterocycles. The van der Waals surface area contributed by atoms with Crippen LogP contribution in [0.5, 0.6) is 5.75 Å². The number of likely N-dealkylation sites (tertiary alicyclic amines) is 1. The average Bonchev–Trinajstić information content (AvgIpc) is 3.26. The van der Waals surface area contributed by atoms with Gasteiger partial charge in [0.15, 0.2) is 0 Å². The van der Waals surface area contributed by atoms with Gasteiger partial charge in [0.25, 0.3) is 11.8 Å². The van der Waals surface area contributed by atoms with Crippen LogP contribution < -0.4 is 0 Å². The molecule has 3 aliphatic rings. The molecule has 2 heterocycles. The SMILES string of the molecule is Cl.O=C1c2ccccc2C(=O)N1CCCCN1CC[C@@H]2c3cccc(O)c3CC[C@@H]21. The van der Waals surface area contributed by atoms with Crippen LogP contribution in [-0.4, -0.2) is 52.4 Å². The third-order valence-electron chi connectivity index (χ3n) is 6.89. The number of hydrogen-bond donors (Lipinski definition) is 1. The number of hydrogen-bond acceptors (Lipinski definition) is 4. The standard InChI is InChI=1S/C24H26N2O3.ClH/c27-22-9-5-8-16-17-12-15-25(21(17)11-10-18(16)22)13-3-4-14-26-23(28)19-6-1-2-7-20(19)24(26)29;/h1-2,5-9,17,21,27H,3-4,10-15H2;1H/t17-,21+;/m1./s1. The van der Waals surface area contributed by atoms with Crippen LogP contribution in [0.15, 0.2) is 42.5 Å². The van der Waals surface area contributed by atoms with Crippen molar-refractivity contribution in [1.29, 1.82) is 0 Å². The highest BCUT2D eigenvalue weighted by atomic mass is 35.5. The number of imide groups is 1. The molecule has 0 saturated carbocycles. The molecular weight excluding hydrogens is 400 g/mol. The molecule has 1 N–H and O–H groups in total. The molecule has 2 amide bonds. The highest BCUT2D eigenvalue weighted by Gasteiger charge is 2.39. The topological polar surface area (TPSA) is 60.9 Å². The first-order valence-corrected chi connectivity index (χ1v) is 10.6. The van der Waals surface area contributed by atoms with Crippen LogP contribution in [0.4, 0.5) is 0 Å². The van der Waals surface area contributed by atoms with Crippen molar-refractivity contribution >= 4 is 24.2 Å². The van der Waals surface area contributed by atoms with Crippen molar-refractivity contribution in [1.82, 2.24) is 9.80 Å². The summed E-state index contributed by atoms with van der Waals surface area (Å²) in [7, 11) is 0. The van der Waals surface area contributed by atoms with E-state index in [9.17, 15) is 14.7 Å². The Morgan fingerprint density at radius 2 is 1.60 bits per heavy atom. The molecule has 30 heavy (non-hydrogen) atoms. The van der Waals surface area contributed by atoms with Gasteiger partial charge in [0.2, 0.25) is 0 Å². The molecule has 1 saturated heterocycles. The van der Waals surface area contributed by atoms with Gasteiger partial charge in [-0.25, -0.2) is 0 Å². The van der Waals surface area contributed by atoms with Gasteiger partial charge in [-0.2, -0.15) is 0 Å². The van der Waals surface area contributed by atoms with Crippen LogP contribution in [0.2, 0.25) is 0 Å². The maximum absolute atomic E-state index is 12.5. The summed E-state index contributed by atoms with van der Waals surface area (Å²) >= 11 is 0. The number of aromatic hydroxyl groups is 1. The van der Waals surface area contributed by atoms with Gasteiger partial charge in [-0.1, -0.05) is 24.3 Å². The van der Waals surface area contributed by atoms with Crippen molar-refractivity contribution in [2.24, 2.45) is 0 Å². The molecule has 2 aromatic rings. The fourth-order valence-electron chi connectivity index (χ4n) is 5.47. The molecule has 5 rings (SSSR count). The van der Waals surface area contributed by atoms with Crippen LogP contribution in [0.25, 0.3) is 0 Å². The molecule has 2 atom stereocenters. The van der Waals surface area contributed by atoms with Crippen LogP contribution >= 0.6 is 12.4 Å². The van der Waals surface area contributed by atoms with Crippen molar-refractivity contribution in [3.8, 4) is 5.75 Å².